The van der Waals surface area contributed by atoms with Gasteiger partial charge in [0.1, 0.15) is 5.78 Å². The van der Waals surface area contributed by atoms with E-state index in [4.69, 9.17) is 4.43 Å². The first-order valence-electron chi connectivity index (χ1n) is 7.87. The summed E-state index contributed by atoms with van der Waals surface area (Å²) in [5, 5.41) is 0. The van der Waals surface area contributed by atoms with Crippen molar-refractivity contribution in [2.24, 2.45) is 23.2 Å². The molecule has 5 atom stereocenters. The molecule has 2 aliphatic rings. The fraction of sp³-hybridized carbons (Fsp3) is 0.938. The number of ketones is 1. The van der Waals surface area contributed by atoms with Crippen LogP contribution in [0, 0.1) is 23.2 Å². The molecular weight excluding hydrogens is 252 g/mol. The fourth-order valence-corrected chi connectivity index (χ4v) is 5.60. The van der Waals surface area contributed by atoms with E-state index >= 15 is 0 Å². The number of fused-ring (bicyclic) bond motifs is 1. The Morgan fingerprint density at radius 3 is 2.37 bits per heavy atom. The van der Waals surface area contributed by atoms with E-state index in [1.165, 1.54) is 6.42 Å². The summed E-state index contributed by atoms with van der Waals surface area (Å²) in [4.78, 5) is 12.6. The lowest BCUT2D eigenvalue weighted by Gasteiger charge is -2.52. The van der Waals surface area contributed by atoms with Crippen LogP contribution in [0.2, 0.25) is 19.6 Å². The van der Waals surface area contributed by atoms with Crippen molar-refractivity contribution in [1.29, 1.82) is 0 Å². The summed E-state index contributed by atoms with van der Waals surface area (Å²) in [5.41, 5.74) is -0.0730. The minimum absolute atomic E-state index is 0.0730. The molecule has 19 heavy (non-hydrogen) atoms. The molecule has 0 aromatic carbocycles. The highest BCUT2D eigenvalue weighted by molar-refractivity contribution is 6.69. The monoisotopic (exact) mass is 282 g/mol. The number of Topliss-reactive ketones (excluding diaryl/α,β-unsaturated/α-hetero) is 1. The van der Waals surface area contributed by atoms with Gasteiger partial charge in [-0.05, 0) is 57.2 Å². The maximum atomic E-state index is 12.6. The molecule has 0 saturated heterocycles. The van der Waals surface area contributed by atoms with Gasteiger partial charge in [0.25, 0.3) is 0 Å². The quantitative estimate of drug-likeness (QED) is 0.707. The number of carbonyl (C=O) groups is 1. The predicted octanol–water partition coefficient (Wildman–Crippen LogP) is 4.26. The van der Waals surface area contributed by atoms with Gasteiger partial charge in [0, 0.05) is 17.4 Å². The molecule has 0 amide bonds. The Morgan fingerprint density at radius 2 is 1.79 bits per heavy atom. The first-order valence-corrected chi connectivity index (χ1v) is 11.3. The van der Waals surface area contributed by atoms with E-state index in [0.717, 1.165) is 19.3 Å². The van der Waals surface area contributed by atoms with Crippen molar-refractivity contribution in [2.45, 2.75) is 72.2 Å². The van der Waals surface area contributed by atoms with Crippen molar-refractivity contribution in [3.63, 3.8) is 0 Å². The summed E-state index contributed by atoms with van der Waals surface area (Å²) in [5.74, 6) is 1.85. The number of hydrogen-bond acceptors (Lipinski definition) is 2. The van der Waals surface area contributed by atoms with Crippen LogP contribution in [0.4, 0.5) is 0 Å². The number of carbonyl (C=O) groups excluding carboxylic acids is 1. The molecule has 110 valence electrons. The molecule has 0 bridgehead atoms. The summed E-state index contributed by atoms with van der Waals surface area (Å²) >= 11 is 0. The first kappa shape index (κ1) is 15.2. The van der Waals surface area contributed by atoms with E-state index in [0.29, 0.717) is 23.7 Å². The molecule has 3 heteroatoms. The van der Waals surface area contributed by atoms with Crippen LogP contribution in [-0.4, -0.2) is 20.2 Å². The zero-order valence-corrected chi connectivity index (χ0v) is 14.5. The van der Waals surface area contributed by atoms with Crippen molar-refractivity contribution < 1.29 is 9.22 Å². The molecule has 0 aromatic rings. The zero-order chi connectivity index (χ0) is 14.4. The van der Waals surface area contributed by atoms with Crippen LogP contribution < -0.4 is 0 Å². The van der Waals surface area contributed by atoms with E-state index < -0.39 is 8.32 Å². The Labute approximate surface area is 119 Å². The van der Waals surface area contributed by atoms with Gasteiger partial charge in [0.15, 0.2) is 8.32 Å². The van der Waals surface area contributed by atoms with Crippen LogP contribution in [0.15, 0.2) is 0 Å². The molecular formula is C16H30O2Si. The van der Waals surface area contributed by atoms with E-state index in [9.17, 15) is 4.79 Å². The fourth-order valence-electron chi connectivity index (χ4n) is 4.36. The maximum absolute atomic E-state index is 12.6. The highest BCUT2D eigenvalue weighted by atomic mass is 28.4. The Hall–Kier alpha value is -0.153. The average Bonchev–Trinajstić information content (AvgIpc) is 2.28. The highest BCUT2D eigenvalue weighted by Crippen LogP contribution is 2.52. The third kappa shape index (κ3) is 2.82. The van der Waals surface area contributed by atoms with Crippen LogP contribution in [0.1, 0.15) is 46.5 Å². The van der Waals surface area contributed by atoms with Gasteiger partial charge in [-0.2, -0.15) is 0 Å². The third-order valence-corrected chi connectivity index (χ3v) is 6.42. The van der Waals surface area contributed by atoms with E-state index in [1.807, 2.05) is 0 Å². The Morgan fingerprint density at radius 1 is 1.16 bits per heavy atom. The normalized spacial score (nSPS) is 44.0. The maximum Gasteiger partial charge on any atom is 0.184 e. The van der Waals surface area contributed by atoms with Gasteiger partial charge in [-0.1, -0.05) is 20.8 Å². The van der Waals surface area contributed by atoms with Crippen LogP contribution in [0.3, 0.4) is 0 Å². The molecule has 2 aliphatic carbocycles. The second-order valence-corrected chi connectivity index (χ2v) is 12.5. The van der Waals surface area contributed by atoms with Crippen LogP contribution in [0.5, 0.6) is 0 Å². The molecule has 0 radical (unpaired) electrons. The lowest BCUT2D eigenvalue weighted by molar-refractivity contribution is -0.147. The summed E-state index contributed by atoms with van der Waals surface area (Å²) in [6.07, 6.45) is 4.75. The van der Waals surface area contributed by atoms with Crippen molar-refractivity contribution in [3.05, 3.63) is 0 Å². The van der Waals surface area contributed by atoms with Crippen molar-refractivity contribution in [2.75, 3.05) is 0 Å². The van der Waals surface area contributed by atoms with E-state index in [2.05, 4.69) is 40.4 Å². The van der Waals surface area contributed by atoms with Gasteiger partial charge in [-0.3, -0.25) is 4.79 Å². The SMILES string of the molecule is C[C@@H]1[C@@H](O[Si](C)(C)C)CC[C@]2(C)C(=O)[C@H](C)CC[C@@H]12. The third-order valence-electron chi connectivity index (χ3n) is 5.41. The van der Waals surface area contributed by atoms with Gasteiger partial charge >= 0.3 is 0 Å². The lowest BCUT2D eigenvalue weighted by atomic mass is 9.54. The largest absolute Gasteiger partial charge is 0.414 e. The van der Waals surface area contributed by atoms with Crippen molar-refractivity contribution in [1.82, 2.24) is 0 Å². The molecule has 0 spiro atoms. The minimum Gasteiger partial charge on any atom is -0.414 e. The molecule has 0 aliphatic heterocycles. The zero-order valence-electron chi connectivity index (χ0n) is 13.5. The molecule has 2 fully saturated rings. The second kappa shape index (κ2) is 4.99. The number of hydrogen-bond donors (Lipinski definition) is 0. The molecule has 0 N–H and O–H groups in total. The van der Waals surface area contributed by atoms with E-state index in [-0.39, 0.29) is 11.3 Å². The molecule has 0 heterocycles. The van der Waals surface area contributed by atoms with E-state index in [1.54, 1.807) is 0 Å². The van der Waals surface area contributed by atoms with Gasteiger partial charge in [-0.15, -0.1) is 0 Å². The number of rotatable bonds is 2. The topological polar surface area (TPSA) is 26.3 Å². The van der Waals surface area contributed by atoms with Gasteiger partial charge < -0.3 is 4.43 Å². The molecule has 0 unspecified atom stereocenters. The first-order chi connectivity index (χ1) is 8.65. The standard InChI is InChI=1S/C16H30O2Si/c1-11-7-8-13-12(2)14(18-19(4,5)6)9-10-16(13,3)15(11)17/h11-14H,7-10H2,1-6H3/t11-,12+,13+,14+,16+/m1/s1. The predicted molar refractivity (Wildman–Crippen MR) is 81.6 cm³/mol. The summed E-state index contributed by atoms with van der Waals surface area (Å²) in [6.45, 7) is 13.4. The summed E-state index contributed by atoms with van der Waals surface area (Å²) in [7, 11) is -1.48. The van der Waals surface area contributed by atoms with Gasteiger partial charge in [0.2, 0.25) is 0 Å². The average molecular weight is 282 g/mol. The van der Waals surface area contributed by atoms with Crippen LogP contribution in [-0.2, 0) is 9.22 Å². The van der Waals surface area contributed by atoms with Crippen LogP contribution in [0.25, 0.3) is 0 Å². The van der Waals surface area contributed by atoms with Crippen LogP contribution >= 0.6 is 0 Å². The minimum atomic E-state index is -1.48. The molecule has 2 saturated carbocycles. The Bertz CT molecular complexity index is 360. The second-order valence-electron chi connectivity index (χ2n) is 8.03. The smallest absolute Gasteiger partial charge is 0.184 e. The van der Waals surface area contributed by atoms with Gasteiger partial charge in [0.05, 0.1) is 0 Å². The summed E-state index contributed by atoms with van der Waals surface area (Å²) < 4.78 is 6.37. The van der Waals surface area contributed by atoms with Gasteiger partial charge in [-0.25, -0.2) is 0 Å². The Kier molecular flexibility index (Phi) is 4.01. The molecule has 2 rings (SSSR count). The van der Waals surface area contributed by atoms with Crippen molar-refractivity contribution in [3.8, 4) is 0 Å². The van der Waals surface area contributed by atoms with Crippen molar-refractivity contribution >= 4 is 14.1 Å². The summed E-state index contributed by atoms with van der Waals surface area (Å²) in [6, 6.07) is 0. The Balaban J connectivity index is 2.16. The molecule has 0 aromatic heterocycles. The molecule has 2 nitrogen and oxygen atoms in total. The lowest BCUT2D eigenvalue weighted by Crippen LogP contribution is -2.53. The highest BCUT2D eigenvalue weighted by Gasteiger charge is 2.52.